The van der Waals surface area contributed by atoms with Crippen LogP contribution in [0.2, 0.25) is 0 Å². The van der Waals surface area contributed by atoms with E-state index >= 15 is 0 Å². The van der Waals surface area contributed by atoms with E-state index in [0.29, 0.717) is 16.9 Å². The molecule has 2 N–H and O–H groups in total. The van der Waals surface area contributed by atoms with Gasteiger partial charge in [-0.3, -0.25) is 0 Å². The number of hydrogen-bond donors (Lipinski definition) is 1. The van der Waals surface area contributed by atoms with Gasteiger partial charge in [0.25, 0.3) is 0 Å². The fourth-order valence-electron chi connectivity index (χ4n) is 3.01. The number of hydrogen-bond acceptors (Lipinski definition) is 2. The van der Waals surface area contributed by atoms with E-state index in [0.717, 1.165) is 31.6 Å². The standard InChI is InChI=1S/C16H23FN2S/c1-16(2,3)11-7-9-19(10-8-11)13-6-4-5-12(17)14(13)15(18)20/h4-6,11H,7-10H2,1-3H3,(H2,18,20). The van der Waals surface area contributed by atoms with Crippen LogP contribution >= 0.6 is 12.2 Å². The van der Waals surface area contributed by atoms with Crippen molar-refractivity contribution in [2.24, 2.45) is 17.1 Å². The Bertz CT molecular complexity index is 500. The zero-order valence-electron chi connectivity index (χ0n) is 12.4. The first kappa shape index (κ1) is 15.2. The molecule has 0 spiro atoms. The Morgan fingerprint density at radius 1 is 1.30 bits per heavy atom. The summed E-state index contributed by atoms with van der Waals surface area (Å²) in [4.78, 5) is 2.34. The highest BCUT2D eigenvalue weighted by molar-refractivity contribution is 7.80. The molecule has 0 bridgehead atoms. The summed E-state index contributed by atoms with van der Waals surface area (Å²) in [6, 6.07) is 5.05. The van der Waals surface area contributed by atoms with Crippen LogP contribution < -0.4 is 10.6 Å². The molecule has 0 atom stereocenters. The smallest absolute Gasteiger partial charge is 0.135 e. The predicted octanol–water partition coefficient (Wildman–Crippen LogP) is 3.72. The first-order valence-electron chi connectivity index (χ1n) is 7.14. The lowest BCUT2D eigenvalue weighted by molar-refractivity contribution is 0.199. The van der Waals surface area contributed by atoms with Gasteiger partial charge in [0.15, 0.2) is 0 Å². The summed E-state index contributed by atoms with van der Waals surface area (Å²) >= 11 is 5.00. The topological polar surface area (TPSA) is 29.3 Å². The number of anilines is 1. The molecule has 20 heavy (non-hydrogen) atoms. The summed E-state index contributed by atoms with van der Waals surface area (Å²) in [6.07, 6.45) is 2.24. The normalized spacial score (nSPS) is 17.3. The summed E-state index contributed by atoms with van der Waals surface area (Å²) in [7, 11) is 0. The molecule has 1 fully saturated rings. The first-order chi connectivity index (χ1) is 9.30. The minimum atomic E-state index is -0.326. The number of piperidine rings is 1. The number of benzene rings is 1. The van der Waals surface area contributed by atoms with Crippen LogP contribution in [0.4, 0.5) is 10.1 Å². The van der Waals surface area contributed by atoms with Crippen molar-refractivity contribution in [2.45, 2.75) is 33.6 Å². The maximum absolute atomic E-state index is 13.9. The molecule has 1 aromatic rings. The highest BCUT2D eigenvalue weighted by atomic mass is 32.1. The van der Waals surface area contributed by atoms with E-state index in [1.54, 1.807) is 6.07 Å². The largest absolute Gasteiger partial charge is 0.389 e. The predicted molar refractivity (Wildman–Crippen MR) is 86.7 cm³/mol. The molecule has 1 aliphatic rings. The highest BCUT2D eigenvalue weighted by Crippen LogP contribution is 2.36. The summed E-state index contributed by atoms with van der Waals surface area (Å²) < 4.78 is 13.9. The van der Waals surface area contributed by atoms with Crippen molar-refractivity contribution in [1.82, 2.24) is 0 Å². The van der Waals surface area contributed by atoms with Gasteiger partial charge >= 0.3 is 0 Å². The van der Waals surface area contributed by atoms with Gasteiger partial charge in [0.1, 0.15) is 10.8 Å². The van der Waals surface area contributed by atoms with Crippen molar-refractivity contribution in [2.75, 3.05) is 18.0 Å². The van der Waals surface area contributed by atoms with Gasteiger partial charge in [0.2, 0.25) is 0 Å². The lowest BCUT2D eigenvalue weighted by atomic mass is 9.75. The molecular weight excluding hydrogens is 271 g/mol. The van der Waals surface area contributed by atoms with Crippen molar-refractivity contribution in [3.8, 4) is 0 Å². The number of thiocarbonyl (C=S) groups is 1. The average molecular weight is 294 g/mol. The Balaban J connectivity index is 2.19. The summed E-state index contributed by atoms with van der Waals surface area (Å²) in [5.74, 6) is 0.383. The second kappa shape index (κ2) is 5.68. The SMILES string of the molecule is CC(C)(C)C1CCN(c2cccc(F)c2C(N)=S)CC1. The van der Waals surface area contributed by atoms with E-state index in [9.17, 15) is 4.39 Å². The summed E-state index contributed by atoms with van der Waals surface area (Å²) in [6.45, 7) is 8.73. The zero-order chi connectivity index (χ0) is 14.9. The third kappa shape index (κ3) is 3.11. The fraction of sp³-hybridized carbons (Fsp3) is 0.562. The molecule has 0 amide bonds. The molecule has 4 heteroatoms. The van der Waals surface area contributed by atoms with Gasteiger partial charge in [-0.1, -0.05) is 39.1 Å². The van der Waals surface area contributed by atoms with Crippen LogP contribution in [-0.4, -0.2) is 18.1 Å². The van der Waals surface area contributed by atoms with E-state index < -0.39 is 0 Å². The second-order valence-corrected chi connectivity index (χ2v) is 7.07. The molecule has 1 aromatic carbocycles. The van der Waals surface area contributed by atoms with Crippen LogP contribution in [0.1, 0.15) is 39.2 Å². The van der Waals surface area contributed by atoms with Crippen LogP contribution in [0.5, 0.6) is 0 Å². The Morgan fingerprint density at radius 3 is 2.40 bits per heavy atom. The minimum absolute atomic E-state index is 0.135. The Kier molecular flexibility index (Phi) is 4.33. The molecule has 2 nitrogen and oxygen atoms in total. The highest BCUT2D eigenvalue weighted by Gasteiger charge is 2.29. The second-order valence-electron chi connectivity index (χ2n) is 6.63. The molecule has 0 saturated carbocycles. The molecule has 0 aromatic heterocycles. The number of nitrogens with two attached hydrogens (primary N) is 1. The number of halogens is 1. The number of rotatable bonds is 2. The average Bonchev–Trinajstić information content (AvgIpc) is 2.37. The minimum Gasteiger partial charge on any atom is -0.389 e. The van der Waals surface area contributed by atoms with Crippen LogP contribution in [0.3, 0.4) is 0 Å². The molecule has 1 aliphatic heterocycles. The van der Waals surface area contributed by atoms with Crippen LogP contribution in [0.25, 0.3) is 0 Å². The monoisotopic (exact) mass is 294 g/mol. The van der Waals surface area contributed by atoms with E-state index in [1.807, 2.05) is 6.07 Å². The lowest BCUT2D eigenvalue weighted by Gasteiger charge is -2.40. The third-order valence-corrected chi connectivity index (χ3v) is 4.50. The van der Waals surface area contributed by atoms with Crippen LogP contribution in [0, 0.1) is 17.2 Å². The van der Waals surface area contributed by atoms with Gasteiger partial charge in [0.05, 0.1) is 5.56 Å². The van der Waals surface area contributed by atoms with Crippen molar-refractivity contribution in [1.29, 1.82) is 0 Å². The quantitative estimate of drug-likeness (QED) is 0.843. The Hall–Kier alpha value is -1.16. The van der Waals surface area contributed by atoms with E-state index in [1.165, 1.54) is 6.07 Å². The summed E-state index contributed by atoms with van der Waals surface area (Å²) in [5.41, 5.74) is 7.24. The molecule has 110 valence electrons. The molecule has 2 rings (SSSR count). The van der Waals surface area contributed by atoms with Crippen molar-refractivity contribution in [3.63, 3.8) is 0 Å². The van der Waals surface area contributed by atoms with Crippen molar-refractivity contribution < 1.29 is 4.39 Å². The third-order valence-electron chi connectivity index (χ3n) is 4.30. The van der Waals surface area contributed by atoms with Gasteiger partial charge in [0, 0.05) is 18.8 Å². The maximum atomic E-state index is 13.9. The zero-order valence-corrected chi connectivity index (χ0v) is 13.3. The number of nitrogens with zero attached hydrogens (tertiary/aromatic N) is 1. The van der Waals surface area contributed by atoms with Gasteiger partial charge in [-0.2, -0.15) is 0 Å². The maximum Gasteiger partial charge on any atom is 0.135 e. The molecule has 0 aliphatic carbocycles. The Morgan fingerprint density at radius 2 is 1.90 bits per heavy atom. The molecule has 0 radical (unpaired) electrons. The van der Waals surface area contributed by atoms with Crippen molar-refractivity contribution >= 4 is 22.9 Å². The summed E-state index contributed by atoms with van der Waals surface area (Å²) in [5, 5.41) is 0. The molecule has 0 unspecified atom stereocenters. The van der Waals surface area contributed by atoms with Gasteiger partial charge in [-0.15, -0.1) is 0 Å². The lowest BCUT2D eigenvalue weighted by Crippen LogP contribution is -2.39. The van der Waals surface area contributed by atoms with Gasteiger partial charge in [-0.25, -0.2) is 4.39 Å². The fourth-order valence-corrected chi connectivity index (χ4v) is 3.21. The van der Waals surface area contributed by atoms with E-state index in [2.05, 4.69) is 25.7 Å². The van der Waals surface area contributed by atoms with E-state index in [4.69, 9.17) is 18.0 Å². The molecular formula is C16H23FN2S. The first-order valence-corrected chi connectivity index (χ1v) is 7.55. The van der Waals surface area contributed by atoms with Gasteiger partial charge < -0.3 is 10.6 Å². The molecule has 1 heterocycles. The van der Waals surface area contributed by atoms with Crippen LogP contribution in [0.15, 0.2) is 18.2 Å². The van der Waals surface area contributed by atoms with Crippen LogP contribution in [-0.2, 0) is 0 Å². The van der Waals surface area contributed by atoms with E-state index in [-0.39, 0.29) is 10.8 Å². The van der Waals surface area contributed by atoms with Gasteiger partial charge in [-0.05, 0) is 36.3 Å². The molecule has 1 saturated heterocycles. The van der Waals surface area contributed by atoms with Crippen molar-refractivity contribution in [3.05, 3.63) is 29.6 Å². The Labute approximate surface area is 126 Å².